The molecule has 18 heavy (non-hydrogen) atoms. The molecule has 1 rings (SSSR count). The molecule has 0 aliphatic heterocycles. The molecule has 0 spiro atoms. The molecule has 0 bridgehead atoms. The van der Waals surface area contributed by atoms with Crippen LogP contribution in [0.4, 0.5) is 5.69 Å². The molecule has 0 aliphatic carbocycles. The average Bonchev–Trinajstić information content (AvgIpc) is 2.14. The molecule has 100 valence electrons. The first-order chi connectivity index (χ1) is 8.02. The minimum Gasteiger partial charge on any atom is -0.502 e. The molecule has 0 aliphatic rings. The van der Waals surface area contributed by atoms with Crippen LogP contribution in [0.25, 0.3) is 0 Å². The van der Waals surface area contributed by atoms with Crippen molar-refractivity contribution >= 4 is 21.6 Å². The number of amidine groups is 1. The molecule has 10 heteroatoms. The summed E-state index contributed by atoms with van der Waals surface area (Å²) in [5.41, 5.74) is 4.87. The molecule has 0 saturated carbocycles. The van der Waals surface area contributed by atoms with Crippen molar-refractivity contribution in [2.45, 2.75) is 0 Å². The van der Waals surface area contributed by atoms with Crippen molar-refractivity contribution in [1.29, 1.82) is 5.41 Å². The van der Waals surface area contributed by atoms with Crippen molar-refractivity contribution in [2.24, 2.45) is 5.73 Å². The fourth-order valence-corrected chi connectivity index (χ4v) is 0.837. The number of rotatable bonds is 2. The van der Waals surface area contributed by atoms with Crippen LogP contribution >= 0.6 is 0 Å². The van der Waals surface area contributed by atoms with E-state index in [9.17, 15) is 18.5 Å². The molecule has 0 atom stereocenters. The van der Waals surface area contributed by atoms with Gasteiger partial charge in [0.25, 0.3) is 10.1 Å². The van der Waals surface area contributed by atoms with E-state index in [4.69, 9.17) is 20.8 Å². The minimum atomic E-state index is -3.67. The molecule has 0 saturated heterocycles. The lowest BCUT2D eigenvalue weighted by atomic mass is 10.2. The van der Waals surface area contributed by atoms with Gasteiger partial charge in [0, 0.05) is 11.6 Å². The summed E-state index contributed by atoms with van der Waals surface area (Å²) in [6.07, 6.45) is 0.715. The summed E-state index contributed by atoms with van der Waals surface area (Å²) in [4.78, 5) is 9.60. The van der Waals surface area contributed by atoms with Gasteiger partial charge in [0.2, 0.25) is 0 Å². The Morgan fingerprint density at radius 1 is 1.50 bits per heavy atom. The quantitative estimate of drug-likeness (QED) is 0.195. The topological polar surface area (TPSA) is 168 Å². The molecule has 5 N–H and O–H groups in total. The van der Waals surface area contributed by atoms with Crippen LogP contribution in [0.2, 0.25) is 0 Å². The largest absolute Gasteiger partial charge is 0.502 e. The Labute approximate surface area is 102 Å². The minimum absolute atomic E-state index is 0.213. The third kappa shape index (κ3) is 6.40. The van der Waals surface area contributed by atoms with E-state index in [1.165, 1.54) is 6.07 Å². The zero-order chi connectivity index (χ0) is 14.5. The lowest BCUT2D eigenvalue weighted by molar-refractivity contribution is -0.385. The predicted octanol–water partition coefficient (Wildman–Crippen LogP) is 0.0885. The highest BCUT2D eigenvalue weighted by Crippen LogP contribution is 2.25. The van der Waals surface area contributed by atoms with Crippen molar-refractivity contribution in [3.63, 3.8) is 0 Å². The van der Waals surface area contributed by atoms with E-state index in [0.29, 0.717) is 6.26 Å². The molecule has 0 heterocycles. The monoisotopic (exact) mass is 277 g/mol. The summed E-state index contributed by atoms with van der Waals surface area (Å²) >= 11 is 0. The van der Waals surface area contributed by atoms with E-state index in [0.717, 1.165) is 12.1 Å². The van der Waals surface area contributed by atoms with E-state index in [1.54, 1.807) is 0 Å². The van der Waals surface area contributed by atoms with Crippen LogP contribution in [-0.4, -0.2) is 35.1 Å². The Morgan fingerprint density at radius 2 is 1.94 bits per heavy atom. The van der Waals surface area contributed by atoms with Gasteiger partial charge in [-0.3, -0.25) is 20.1 Å². The lowest BCUT2D eigenvalue weighted by Crippen LogP contribution is -2.11. The number of nitrogen functional groups attached to an aromatic ring is 1. The molecular weight excluding hydrogens is 266 g/mol. The predicted molar refractivity (Wildman–Crippen MR) is 63.2 cm³/mol. The summed E-state index contributed by atoms with van der Waals surface area (Å²) in [6.45, 7) is 0. The van der Waals surface area contributed by atoms with Crippen LogP contribution in [0.5, 0.6) is 5.75 Å². The molecule has 1 aromatic carbocycles. The van der Waals surface area contributed by atoms with E-state index in [-0.39, 0.29) is 11.4 Å². The zero-order valence-electron chi connectivity index (χ0n) is 9.19. The third-order valence-corrected chi connectivity index (χ3v) is 1.48. The molecule has 0 aromatic heterocycles. The van der Waals surface area contributed by atoms with Gasteiger partial charge in [0.1, 0.15) is 5.84 Å². The zero-order valence-corrected chi connectivity index (χ0v) is 10.0. The van der Waals surface area contributed by atoms with E-state index in [1.807, 2.05) is 0 Å². The Kier molecular flexibility index (Phi) is 5.21. The number of phenols is 1. The fraction of sp³-hybridized carbons (Fsp3) is 0.125. The first-order valence-electron chi connectivity index (χ1n) is 4.26. The first kappa shape index (κ1) is 15.8. The van der Waals surface area contributed by atoms with Gasteiger partial charge in [-0.05, 0) is 12.1 Å². The molecule has 1 aromatic rings. The highest BCUT2D eigenvalue weighted by atomic mass is 32.2. The number of nitrogens with zero attached hydrogens (tertiary/aromatic N) is 1. The van der Waals surface area contributed by atoms with Crippen molar-refractivity contribution in [2.75, 3.05) is 6.26 Å². The molecule has 0 fully saturated rings. The number of nitrogens with one attached hydrogen (secondary N) is 1. The lowest BCUT2D eigenvalue weighted by Gasteiger charge is -1.99. The highest BCUT2D eigenvalue weighted by Gasteiger charge is 2.14. The molecule has 0 unspecified atom stereocenters. The summed E-state index contributed by atoms with van der Waals surface area (Å²) in [5.74, 6) is -0.710. The second kappa shape index (κ2) is 5.93. The highest BCUT2D eigenvalue weighted by molar-refractivity contribution is 7.85. The van der Waals surface area contributed by atoms with Gasteiger partial charge in [0.15, 0.2) is 5.75 Å². The van der Waals surface area contributed by atoms with Crippen LogP contribution < -0.4 is 5.73 Å². The van der Waals surface area contributed by atoms with Crippen molar-refractivity contribution in [3.8, 4) is 5.75 Å². The van der Waals surface area contributed by atoms with Crippen LogP contribution in [-0.2, 0) is 10.1 Å². The van der Waals surface area contributed by atoms with Crippen molar-refractivity contribution in [3.05, 3.63) is 33.9 Å². The Bertz CT molecular complexity index is 560. The number of phenolic OH excluding ortho intramolecular Hbond substituents is 1. The van der Waals surface area contributed by atoms with E-state index in [2.05, 4.69) is 0 Å². The van der Waals surface area contributed by atoms with Gasteiger partial charge in [-0.2, -0.15) is 8.42 Å². The second-order valence-electron chi connectivity index (χ2n) is 3.11. The second-order valence-corrected chi connectivity index (χ2v) is 4.57. The van der Waals surface area contributed by atoms with Gasteiger partial charge in [0.05, 0.1) is 11.2 Å². The molecule has 9 nitrogen and oxygen atoms in total. The average molecular weight is 277 g/mol. The Balaban J connectivity index is 0.000000494. The SMILES string of the molecule is CS(=O)(=O)O.N=C(N)c1ccc(O)c([N+](=O)[O-])c1. The maximum absolute atomic E-state index is 10.3. The fourth-order valence-electron chi connectivity index (χ4n) is 0.837. The van der Waals surface area contributed by atoms with Crippen LogP contribution in [0.1, 0.15) is 5.56 Å². The van der Waals surface area contributed by atoms with Crippen LogP contribution in [0, 0.1) is 15.5 Å². The molecule has 0 amide bonds. The van der Waals surface area contributed by atoms with E-state index >= 15 is 0 Å². The van der Waals surface area contributed by atoms with Crippen molar-refractivity contribution < 1.29 is 23.0 Å². The summed E-state index contributed by atoms with van der Waals surface area (Å²) in [6, 6.07) is 3.52. The summed E-state index contributed by atoms with van der Waals surface area (Å²) in [5, 5.41) is 26.4. The van der Waals surface area contributed by atoms with Gasteiger partial charge in [-0.15, -0.1) is 0 Å². The third-order valence-electron chi connectivity index (χ3n) is 1.48. The summed E-state index contributed by atoms with van der Waals surface area (Å²) in [7, 11) is -3.67. The standard InChI is InChI=1S/C7H7N3O3.CH4O3S/c8-7(9)4-1-2-6(11)5(3-4)10(12)13;1-5(2,3)4/h1-3,11H,(H3,8,9);1H3,(H,2,3,4). The number of nitrogens with two attached hydrogens (primary N) is 1. The smallest absolute Gasteiger partial charge is 0.311 e. The maximum Gasteiger partial charge on any atom is 0.311 e. The van der Waals surface area contributed by atoms with Crippen LogP contribution in [0.3, 0.4) is 0 Å². The van der Waals surface area contributed by atoms with E-state index < -0.39 is 26.5 Å². The number of nitro benzene ring substituents is 1. The Morgan fingerprint density at radius 3 is 2.28 bits per heavy atom. The number of aromatic hydroxyl groups is 1. The Hall–Kier alpha value is -2.20. The van der Waals surface area contributed by atoms with Gasteiger partial charge < -0.3 is 10.8 Å². The molecule has 0 radical (unpaired) electrons. The number of hydrogen-bond donors (Lipinski definition) is 4. The number of hydrogen-bond acceptors (Lipinski definition) is 6. The van der Waals surface area contributed by atoms with Gasteiger partial charge in [-0.1, -0.05) is 0 Å². The van der Waals surface area contributed by atoms with Crippen molar-refractivity contribution in [1.82, 2.24) is 0 Å². The number of benzene rings is 1. The number of nitro groups is 1. The van der Waals surface area contributed by atoms with Gasteiger partial charge in [-0.25, -0.2) is 0 Å². The maximum atomic E-state index is 10.3. The van der Waals surface area contributed by atoms with Crippen LogP contribution in [0.15, 0.2) is 18.2 Å². The normalized spacial score (nSPS) is 10.1. The summed E-state index contributed by atoms with van der Waals surface area (Å²) < 4.78 is 25.9. The first-order valence-corrected chi connectivity index (χ1v) is 6.11. The molecular formula is C8H11N3O6S. The van der Waals surface area contributed by atoms with Gasteiger partial charge >= 0.3 is 5.69 Å².